The van der Waals surface area contributed by atoms with E-state index in [2.05, 4.69) is 10.5 Å². The van der Waals surface area contributed by atoms with Crippen LogP contribution in [0.1, 0.15) is 16.7 Å². The number of phenolic OH excluding ortho intramolecular Hbond substituents is 1. The molecule has 38 heavy (non-hydrogen) atoms. The lowest BCUT2D eigenvalue weighted by Gasteiger charge is -2.27. The molecule has 1 saturated heterocycles. The van der Waals surface area contributed by atoms with E-state index in [0.29, 0.717) is 11.3 Å². The number of hydrazone groups is 1. The molecule has 0 saturated carbocycles. The zero-order valence-corrected chi connectivity index (χ0v) is 20.8. The summed E-state index contributed by atoms with van der Waals surface area (Å²) in [6.07, 6.45) is -2.37. The fourth-order valence-corrected chi connectivity index (χ4v) is 4.65. The Labute approximate surface area is 216 Å². The Balaban J connectivity index is 1.66. The van der Waals surface area contributed by atoms with Crippen molar-refractivity contribution >= 4 is 29.0 Å². The molecule has 0 radical (unpaired) electrons. The van der Waals surface area contributed by atoms with Crippen LogP contribution in [0.5, 0.6) is 5.75 Å². The van der Waals surface area contributed by atoms with E-state index in [4.69, 9.17) is 9.84 Å². The highest BCUT2D eigenvalue weighted by atomic mass is 19.4. The number of carbonyl (C=O) groups is 2. The maximum absolute atomic E-state index is 13.5. The fourth-order valence-electron chi connectivity index (χ4n) is 4.65. The second-order valence-electron chi connectivity index (χ2n) is 9.24. The number of aromatic hydroxyl groups is 1. The van der Waals surface area contributed by atoms with Gasteiger partial charge in [0.1, 0.15) is 11.5 Å². The molecule has 0 bridgehead atoms. The highest BCUT2D eigenvalue weighted by Crippen LogP contribution is 2.39. The normalized spacial score (nSPS) is 20.9. The molecule has 3 N–H and O–H groups in total. The highest BCUT2D eigenvalue weighted by Gasteiger charge is 2.48. The standard InChI is InChI=1S/C27H26F3N3O5/c1-14-8-15(2)10-18(9-14)33-21-13-17(27(28,29)30)5-6-19(21)24(25(33)35)32-31-20-7-4-16(11-22(20)34)12-23(38-3)26(36)37/h4-11,13,19,21,23,31,34H,12H2,1-3H3,(H,36,37)/b32-24-. The second-order valence-corrected chi connectivity index (χ2v) is 9.24. The Hall–Kier alpha value is -4.12. The molecular formula is C27H26F3N3O5. The molecule has 3 unspecified atom stereocenters. The van der Waals surface area contributed by atoms with Gasteiger partial charge in [-0.05, 0) is 60.9 Å². The first-order valence-electron chi connectivity index (χ1n) is 11.7. The summed E-state index contributed by atoms with van der Waals surface area (Å²) in [5.41, 5.74) is 4.55. The van der Waals surface area contributed by atoms with Crippen molar-refractivity contribution in [2.75, 3.05) is 17.4 Å². The van der Waals surface area contributed by atoms with Crippen molar-refractivity contribution in [2.24, 2.45) is 11.0 Å². The van der Waals surface area contributed by atoms with Gasteiger partial charge in [-0.3, -0.25) is 15.1 Å². The number of carboxylic acids is 1. The van der Waals surface area contributed by atoms with Crippen molar-refractivity contribution in [2.45, 2.75) is 38.6 Å². The molecule has 11 heteroatoms. The zero-order chi connectivity index (χ0) is 27.8. The SMILES string of the molecule is COC(Cc1ccc(N/N=C2\C(=O)N(c3cc(C)cc(C)c3)C3C=C(C(F)(F)F)C=CC23)c(O)c1)C(=O)O. The Morgan fingerprint density at radius 2 is 1.87 bits per heavy atom. The third-order valence-electron chi connectivity index (χ3n) is 6.41. The highest BCUT2D eigenvalue weighted by molar-refractivity contribution is 6.48. The van der Waals surface area contributed by atoms with Gasteiger partial charge in [0.25, 0.3) is 5.91 Å². The summed E-state index contributed by atoms with van der Waals surface area (Å²) in [4.78, 5) is 26.0. The van der Waals surface area contributed by atoms with E-state index in [9.17, 15) is 27.9 Å². The van der Waals surface area contributed by atoms with Gasteiger partial charge < -0.3 is 14.9 Å². The van der Waals surface area contributed by atoms with Crippen LogP contribution in [-0.2, 0) is 20.7 Å². The average molecular weight is 530 g/mol. The maximum atomic E-state index is 13.5. The minimum atomic E-state index is -4.58. The summed E-state index contributed by atoms with van der Waals surface area (Å²) in [7, 11) is 1.27. The summed E-state index contributed by atoms with van der Waals surface area (Å²) in [6.45, 7) is 3.67. The molecule has 4 rings (SSSR count). The van der Waals surface area contributed by atoms with Crippen molar-refractivity contribution < 1.29 is 37.7 Å². The molecule has 0 spiro atoms. The topological polar surface area (TPSA) is 111 Å². The van der Waals surface area contributed by atoms with Crippen LogP contribution < -0.4 is 10.3 Å². The molecule has 1 fully saturated rings. The van der Waals surface area contributed by atoms with Gasteiger partial charge in [0, 0.05) is 19.2 Å². The van der Waals surface area contributed by atoms with Crippen LogP contribution in [-0.4, -0.2) is 53.2 Å². The molecule has 1 aliphatic heterocycles. The number of allylic oxidation sites excluding steroid dienone is 2. The number of fused-ring (bicyclic) bond motifs is 1. The second kappa shape index (κ2) is 10.3. The maximum Gasteiger partial charge on any atom is 0.416 e. The van der Waals surface area contributed by atoms with Gasteiger partial charge in [-0.1, -0.05) is 24.3 Å². The molecule has 1 aliphatic carbocycles. The predicted octanol–water partition coefficient (Wildman–Crippen LogP) is 4.51. The number of nitrogens with one attached hydrogen (secondary N) is 1. The lowest BCUT2D eigenvalue weighted by atomic mass is 9.90. The summed E-state index contributed by atoms with van der Waals surface area (Å²) >= 11 is 0. The first kappa shape index (κ1) is 26.9. The van der Waals surface area contributed by atoms with Gasteiger partial charge in [0.15, 0.2) is 6.10 Å². The number of nitrogens with zero attached hydrogens (tertiary/aromatic N) is 2. The molecule has 2 aliphatic rings. The lowest BCUT2D eigenvalue weighted by Crippen LogP contribution is -2.35. The van der Waals surface area contributed by atoms with E-state index < -0.39 is 41.7 Å². The monoisotopic (exact) mass is 529 g/mol. The van der Waals surface area contributed by atoms with Gasteiger partial charge in [-0.15, -0.1) is 0 Å². The number of methoxy groups -OCH3 is 1. The third kappa shape index (κ3) is 5.42. The predicted molar refractivity (Wildman–Crippen MR) is 135 cm³/mol. The van der Waals surface area contributed by atoms with Crippen LogP contribution in [0.3, 0.4) is 0 Å². The van der Waals surface area contributed by atoms with Gasteiger partial charge in [0.2, 0.25) is 0 Å². The number of ether oxygens (including phenoxy) is 1. The number of halogens is 3. The van der Waals surface area contributed by atoms with Crippen LogP contribution in [0.2, 0.25) is 0 Å². The quantitative estimate of drug-likeness (QED) is 0.360. The summed E-state index contributed by atoms with van der Waals surface area (Å²) in [6, 6.07) is 8.78. The molecule has 1 amide bonds. The fraction of sp³-hybridized carbons (Fsp3) is 0.296. The lowest BCUT2D eigenvalue weighted by molar-refractivity contribution is -0.148. The number of anilines is 2. The van der Waals surface area contributed by atoms with E-state index in [-0.39, 0.29) is 23.6 Å². The number of hydrogen-bond acceptors (Lipinski definition) is 6. The van der Waals surface area contributed by atoms with E-state index in [1.807, 2.05) is 19.9 Å². The van der Waals surface area contributed by atoms with Crippen LogP contribution >= 0.6 is 0 Å². The largest absolute Gasteiger partial charge is 0.506 e. The van der Waals surface area contributed by atoms with Crippen LogP contribution in [0.15, 0.2) is 65.3 Å². The number of phenols is 1. The number of aryl methyl sites for hydroxylation is 2. The number of amides is 1. The van der Waals surface area contributed by atoms with Crippen molar-refractivity contribution in [3.8, 4) is 5.75 Å². The number of aliphatic carboxylic acids is 1. The Kier molecular flexibility index (Phi) is 7.32. The summed E-state index contributed by atoms with van der Waals surface area (Å²) in [5, 5.41) is 23.8. The van der Waals surface area contributed by atoms with E-state index in [1.165, 1.54) is 30.2 Å². The van der Waals surface area contributed by atoms with Gasteiger partial charge in [-0.25, -0.2) is 4.79 Å². The summed E-state index contributed by atoms with van der Waals surface area (Å²) in [5.74, 6) is -2.73. The zero-order valence-electron chi connectivity index (χ0n) is 20.8. The molecule has 0 aromatic heterocycles. The molecule has 2 aromatic carbocycles. The van der Waals surface area contributed by atoms with E-state index in [1.54, 1.807) is 18.2 Å². The van der Waals surface area contributed by atoms with Crippen molar-refractivity contribution in [3.05, 3.63) is 76.9 Å². The molecule has 8 nitrogen and oxygen atoms in total. The van der Waals surface area contributed by atoms with Crippen molar-refractivity contribution in [3.63, 3.8) is 0 Å². The van der Waals surface area contributed by atoms with Gasteiger partial charge >= 0.3 is 12.1 Å². The van der Waals surface area contributed by atoms with Crippen molar-refractivity contribution in [1.29, 1.82) is 0 Å². The Morgan fingerprint density at radius 3 is 2.45 bits per heavy atom. The number of hydrogen-bond donors (Lipinski definition) is 3. The number of alkyl halides is 3. The minimum Gasteiger partial charge on any atom is -0.506 e. The Bertz CT molecular complexity index is 1350. The smallest absolute Gasteiger partial charge is 0.416 e. The molecule has 2 aromatic rings. The number of carbonyl (C=O) groups excluding carboxylic acids is 1. The average Bonchev–Trinajstić information content (AvgIpc) is 3.11. The van der Waals surface area contributed by atoms with Gasteiger partial charge in [0.05, 0.1) is 23.2 Å². The molecule has 3 atom stereocenters. The van der Waals surface area contributed by atoms with Crippen molar-refractivity contribution in [1.82, 2.24) is 0 Å². The number of benzene rings is 2. The first-order valence-corrected chi connectivity index (χ1v) is 11.7. The van der Waals surface area contributed by atoms with E-state index >= 15 is 0 Å². The Morgan fingerprint density at radius 1 is 1.18 bits per heavy atom. The molecule has 1 heterocycles. The van der Waals surface area contributed by atoms with Crippen LogP contribution in [0.25, 0.3) is 0 Å². The van der Waals surface area contributed by atoms with Crippen LogP contribution in [0.4, 0.5) is 24.5 Å². The number of rotatable bonds is 7. The first-order chi connectivity index (χ1) is 17.9. The molecular weight excluding hydrogens is 503 g/mol. The van der Waals surface area contributed by atoms with Crippen LogP contribution in [0, 0.1) is 19.8 Å². The van der Waals surface area contributed by atoms with Gasteiger partial charge in [-0.2, -0.15) is 18.3 Å². The summed E-state index contributed by atoms with van der Waals surface area (Å²) < 4.78 is 45.4. The molecule has 200 valence electrons. The van der Waals surface area contributed by atoms with E-state index in [0.717, 1.165) is 23.3 Å². The third-order valence-corrected chi connectivity index (χ3v) is 6.41. The number of carboxylic acid groups (broad SMARTS) is 1. The minimum absolute atomic E-state index is 0.0139.